The van der Waals surface area contributed by atoms with Crippen molar-refractivity contribution < 1.29 is 14.3 Å². The number of para-hydroxylation sites is 1. The largest absolute Gasteiger partial charge is 0.378 e. The minimum atomic E-state index is -0.315. The Bertz CT molecular complexity index is 1060. The molecule has 1 saturated heterocycles. The van der Waals surface area contributed by atoms with Crippen molar-refractivity contribution in [3.05, 3.63) is 77.7 Å². The van der Waals surface area contributed by atoms with Crippen molar-refractivity contribution in [2.75, 3.05) is 25.5 Å². The molecule has 0 bridgehead atoms. The summed E-state index contributed by atoms with van der Waals surface area (Å²) < 4.78 is 5.22. The molecule has 0 radical (unpaired) electrons. The first-order valence-corrected chi connectivity index (χ1v) is 9.67. The Morgan fingerprint density at radius 1 is 1.07 bits per heavy atom. The molecule has 1 N–H and O–H groups in total. The third-order valence-electron chi connectivity index (χ3n) is 5.10. The summed E-state index contributed by atoms with van der Waals surface area (Å²) in [7, 11) is 1.65. The van der Waals surface area contributed by atoms with E-state index in [0.717, 1.165) is 5.56 Å². The molecule has 0 spiro atoms. The lowest BCUT2D eigenvalue weighted by Gasteiger charge is -2.38. The molecule has 0 saturated carbocycles. The van der Waals surface area contributed by atoms with Crippen LogP contribution in [0.25, 0.3) is 11.3 Å². The lowest BCUT2D eigenvalue weighted by molar-refractivity contribution is -0.0191. The molecular formula is C23H22N4O3. The minimum absolute atomic E-state index is 0.0206. The zero-order valence-electron chi connectivity index (χ0n) is 16.8. The van der Waals surface area contributed by atoms with Crippen molar-refractivity contribution in [3.8, 4) is 11.3 Å². The molecule has 0 unspecified atom stereocenters. The van der Waals surface area contributed by atoms with Crippen LogP contribution in [0.3, 0.4) is 0 Å². The number of rotatable bonds is 5. The third kappa shape index (κ3) is 4.06. The van der Waals surface area contributed by atoms with Gasteiger partial charge < -0.3 is 15.0 Å². The second-order valence-electron chi connectivity index (χ2n) is 7.15. The maximum absolute atomic E-state index is 12.7. The van der Waals surface area contributed by atoms with Crippen LogP contribution in [0.15, 0.2) is 60.8 Å². The maximum Gasteiger partial charge on any atom is 0.276 e. The van der Waals surface area contributed by atoms with Gasteiger partial charge in [0.05, 0.1) is 23.7 Å². The molecule has 1 aromatic heterocycles. The number of carbonyl (C=O) groups is 2. The van der Waals surface area contributed by atoms with Crippen molar-refractivity contribution >= 4 is 17.5 Å². The van der Waals surface area contributed by atoms with Gasteiger partial charge in [0.2, 0.25) is 0 Å². The summed E-state index contributed by atoms with van der Waals surface area (Å²) in [6.07, 6.45) is 1.75. The molecule has 7 nitrogen and oxygen atoms in total. The monoisotopic (exact) mass is 402 g/mol. The van der Waals surface area contributed by atoms with Gasteiger partial charge in [0.15, 0.2) is 0 Å². The number of benzene rings is 2. The number of aryl methyl sites for hydroxylation is 1. The van der Waals surface area contributed by atoms with E-state index in [1.807, 2.05) is 42.5 Å². The van der Waals surface area contributed by atoms with Crippen molar-refractivity contribution in [3.63, 3.8) is 0 Å². The molecule has 2 heterocycles. The Morgan fingerprint density at radius 2 is 1.77 bits per heavy atom. The smallest absolute Gasteiger partial charge is 0.276 e. The molecule has 3 aromatic rings. The number of carbonyl (C=O) groups excluding carboxylic acids is 2. The van der Waals surface area contributed by atoms with Crippen LogP contribution in [0, 0.1) is 6.92 Å². The fourth-order valence-electron chi connectivity index (χ4n) is 3.23. The number of nitrogens with zero attached hydrogens (tertiary/aromatic N) is 3. The summed E-state index contributed by atoms with van der Waals surface area (Å²) in [5, 5.41) is 2.83. The highest BCUT2D eigenvalue weighted by molar-refractivity contribution is 6.03. The molecule has 2 amide bonds. The SMILES string of the molecule is COC1CN(C(=O)c2ccc(-c3cnc(C)c(C(=O)Nc4ccccc4)n3)cc2)C1. The van der Waals surface area contributed by atoms with Crippen LogP contribution < -0.4 is 5.32 Å². The zero-order chi connectivity index (χ0) is 21.1. The number of hydrogen-bond acceptors (Lipinski definition) is 5. The van der Waals surface area contributed by atoms with E-state index in [2.05, 4.69) is 15.3 Å². The minimum Gasteiger partial charge on any atom is -0.378 e. The first kappa shape index (κ1) is 19.7. The van der Waals surface area contributed by atoms with Crippen LogP contribution >= 0.6 is 0 Å². The van der Waals surface area contributed by atoms with Gasteiger partial charge in [0, 0.05) is 37.0 Å². The van der Waals surface area contributed by atoms with E-state index in [9.17, 15) is 9.59 Å². The first-order valence-electron chi connectivity index (χ1n) is 9.67. The van der Waals surface area contributed by atoms with Gasteiger partial charge in [-0.05, 0) is 31.2 Å². The molecule has 0 atom stereocenters. The standard InChI is InChI=1S/C23H22N4O3/c1-15-21(22(28)25-18-6-4-3-5-7-18)26-20(12-24-15)16-8-10-17(11-9-16)23(29)27-13-19(14-27)30-2/h3-12,19H,13-14H2,1-2H3,(H,25,28). The lowest BCUT2D eigenvalue weighted by atomic mass is 10.1. The quantitative estimate of drug-likeness (QED) is 0.709. The summed E-state index contributed by atoms with van der Waals surface area (Å²) in [6.45, 7) is 2.97. The number of methoxy groups -OCH3 is 1. The molecule has 1 aliphatic heterocycles. The summed E-state index contributed by atoms with van der Waals surface area (Å²) >= 11 is 0. The highest BCUT2D eigenvalue weighted by atomic mass is 16.5. The third-order valence-corrected chi connectivity index (χ3v) is 5.10. The van der Waals surface area contributed by atoms with E-state index in [1.165, 1.54) is 0 Å². The summed E-state index contributed by atoms with van der Waals surface area (Å²) in [5.74, 6) is -0.335. The normalized spacial score (nSPS) is 13.6. The van der Waals surface area contributed by atoms with Gasteiger partial charge in [-0.1, -0.05) is 30.3 Å². The summed E-state index contributed by atoms with van der Waals surface area (Å²) in [5.41, 5.74) is 3.47. The lowest BCUT2D eigenvalue weighted by Crippen LogP contribution is -2.54. The molecule has 2 aromatic carbocycles. The molecule has 1 aliphatic rings. The highest BCUT2D eigenvalue weighted by Gasteiger charge is 2.30. The van der Waals surface area contributed by atoms with E-state index in [1.54, 1.807) is 37.3 Å². The van der Waals surface area contributed by atoms with E-state index < -0.39 is 0 Å². The Hall–Kier alpha value is -3.58. The Morgan fingerprint density at radius 3 is 2.43 bits per heavy atom. The van der Waals surface area contributed by atoms with E-state index in [4.69, 9.17) is 4.74 Å². The molecule has 0 aliphatic carbocycles. The Labute approximate surface area is 174 Å². The van der Waals surface area contributed by atoms with Crippen LogP contribution in [-0.2, 0) is 4.74 Å². The maximum atomic E-state index is 12.7. The number of anilines is 1. The van der Waals surface area contributed by atoms with Gasteiger partial charge >= 0.3 is 0 Å². The average molecular weight is 402 g/mol. The second kappa shape index (κ2) is 8.42. The van der Waals surface area contributed by atoms with Gasteiger partial charge in [0.25, 0.3) is 11.8 Å². The zero-order valence-corrected chi connectivity index (χ0v) is 16.8. The highest BCUT2D eigenvalue weighted by Crippen LogP contribution is 2.21. The molecule has 1 fully saturated rings. The van der Waals surface area contributed by atoms with Crippen molar-refractivity contribution in [2.24, 2.45) is 0 Å². The predicted octanol–water partition coefficient (Wildman–Crippen LogP) is 3.18. The summed E-state index contributed by atoms with van der Waals surface area (Å²) in [4.78, 5) is 35.7. The summed E-state index contributed by atoms with van der Waals surface area (Å²) in [6, 6.07) is 16.4. The van der Waals surface area contributed by atoms with Crippen molar-refractivity contribution in [2.45, 2.75) is 13.0 Å². The number of ether oxygens (including phenoxy) is 1. The van der Waals surface area contributed by atoms with Crippen LogP contribution in [0.4, 0.5) is 5.69 Å². The molecule has 4 rings (SSSR count). The van der Waals surface area contributed by atoms with Gasteiger partial charge in [-0.15, -0.1) is 0 Å². The van der Waals surface area contributed by atoms with Crippen LogP contribution in [-0.4, -0.2) is 53.0 Å². The fraction of sp³-hybridized carbons (Fsp3) is 0.217. The Balaban J connectivity index is 1.51. The van der Waals surface area contributed by atoms with E-state index >= 15 is 0 Å². The molecule has 30 heavy (non-hydrogen) atoms. The van der Waals surface area contributed by atoms with Crippen LogP contribution in [0.5, 0.6) is 0 Å². The number of likely N-dealkylation sites (tertiary alicyclic amines) is 1. The number of aromatic nitrogens is 2. The van der Waals surface area contributed by atoms with Gasteiger partial charge in [-0.2, -0.15) is 0 Å². The topological polar surface area (TPSA) is 84.4 Å². The molecular weight excluding hydrogens is 380 g/mol. The van der Waals surface area contributed by atoms with Crippen LogP contribution in [0.1, 0.15) is 26.5 Å². The second-order valence-corrected chi connectivity index (χ2v) is 7.15. The molecule has 152 valence electrons. The van der Waals surface area contributed by atoms with Gasteiger partial charge in [-0.3, -0.25) is 14.6 Å². The van der Waals surface area contributed by atoms with Gasteiger partial charge in [0.1, 0.15) is 5.69 Å². The number of nitrogens with one attached hydrogen (secondary N) is 1. The number of hydrogen-bond donors (Lipinski definition) is 1. The fourth-order valence-corrected chi connectivity index (χ4v) is 3.23. The number of amides is 2. The van der Waals surface area contributed by atoms with Crippen molar-refractivity contribution in [1.29, 1.82) is 0 Å². The van der Waals surface area contributed by atoms with Gasteiger partial charge in [-0.25, -0.2) is 4.98 Å². The Kier molecular flexibility index (Phi) is 5.54. The van der Waals surface area contributed by atoms with Crippen LogP contribution in [0.2, 0.25) is 0 Å². The average Bonchev–Trinajstić information content (AvgIpc) is 2.74. The van der Waals surface area contributed by atoms with E-state index in [0.29, 0.717) is 35.7 Å². The first-order chi connectivity index (χ1) is 14.5. The van der Waals surface area contributed by atoms with E-state index in [-0.39, 0.29) is 23.6 Å². The predicted molar refractivity (Wildman–Crippen MR) is 113 cm³/mol. The molecule has 7 heteroatoms. The van der Waals surface area contributed by atoms with Crippen molar-refractivity contribution in [1.82, 2.24) is 14.9 Å².